The van der Waals surface area contributed by atoms with E-state index in [-0.39, 0.29) is 12.7 Å². The Morgan fingerprint density at radius 2 is 2.14 bits per heavy atom. The highest BCUT2D eigenvalue weighted by molar-refractivity contribution is 4.73. The lowest BCUT2D eigenvalue weighted by Gasteiger charge is -2.15. The largest absolute Gasteiger partial charge is 0.411 e. The Labute approximate surface area is 80.5 Å². The number of β-amino-alcohol motifs (C(OH)–C–C–N with tert-alkyl or cyclic N) is 1. The van der Waals surface area contributed by atoms with Crippen LogP contribution in [0.2, 0.25) is 0 Å². The van der Waals surface area contributed by atoms with Gasteiger partial charge in [-0.2, -0.15) is 13.2 Å². The summed E-state index contributed by atoms with van der Waals surface area (Å²) in [4.78, 5) is 1.89. The molecule has 0 unspecified atom stereocenters. The van der Waals surface area contributed by atoms with Crippen LogP contribution in [0.4, 0.5) is 13.2 Å². The Morgan fingerprint density at radius 3 is 2.64 bits per heavy atom. The molecule has 0 aromatic rings. The van der Waals surface area contributed by atoms with Gasteiger partial charge in [-0.1, -0.05) is 0 Å². The van der Waals surface area contributed by atoms with Gasteiger partial charge < -0.3 is 9.84 Å². The van der Waals surface area contributed by atoms with Crippen molar-refractivity contribution in [3.05, 3.63) is 0 Å². The second-order valence-electron chi connectivity index (χ2n) is 3.41. The molecule has 0 amide bonds. The molecule has 1 heterocycles. The van der Waals surface area contributed by atoms with Gasteiger partial charge in [0.2, 0.25) is 0 Å². The average Bonchev–Trinajstić information content (AvgIpc) is 2.44. The number of hydrogen-bond donors (Lipinski definition) is 1. The van der Waals surface area contributed by atoms with Crippen molar-refractivity contribution in [2.24, 2.45) is 0 Å². The molecule has 1 rings (SSSR count). The number of halogens is 3. The molecule has 1 saturated heterocycles. The molecule has 6 heteroatoms. The van der Waals surface area contributed by atoms with Crippen LogP contribution >= 0.6 is 0 Å². The summed E-state index contributed by atoms with van der Waals surface area (Å²) >= 11 is 0. The highest BCUT2D eigenvalue weighted by Gasteiger charge is 2.27. The summed E-state index contributed by atoms with van der Waals surface area (Å²) in [6.45, 7) is 0.592. The van der Waals surface area contributed by atoms with Crippen molar-refractivity contribution in [2.75, 3.05) is 32.8 Å². The van der Waals surface area contributed by atoms with Crippen LogP contribution in [-0.2, 0) is 4.74 Å². The first-order valence-electron chi connectivity index (χ1n) is 4.52. The van der Waals surface area contributed by atoms with Gasteiger partial charge in [0, 0.05) is 19.6 Å². The maximum atomic E-state index is 11.6. The molecule has 1 aliphatic rings. The van der Waals surface area contributed by atoms with Crippen molar-refractivity contribution in [3.8, 4) is 0 Å². The van der Waals surface area contributed by atoms with Crippen molar-refractivity contribution >= 4 is 0 Å². The molecule has 0 saturated carbocycles. The molecular weight excluding hydrogens is 199 g/mol. The minimum Gasteiger partial charge on any atom is -0.392 e. The number of likely N-dealkylation sites (tertiary alicyclic amines) is 1. The summed E-state index contributed by atoms with van der Waals surface area (Å²) in [5.74, 6) is 0. The maximum absolute atomic E-state index is 11.6. The SMILES string of the molecule is O[C@H]1CCN(CCOCC(F)(F)F)C1. The molecule has 1 N–H and O–H groups in total. The second-order valence-corrected chi connectivity index (χ2v) is 3.41. The maximum Gasteiger partial charge on any atom is 0.411 e. The van der Waals surface area contributed by atoms with Gasteiger partial charge in [0.25, 0.3) is 0 Å². The zero-order valence-corrected chi connectivity index (χ0v) is 7.76. The van der Waals surface area contributed by atoms with E-state index in [2.05, 4.69) is 4.74 Å². The number of alkyl halides is 3. The monoisotopic (exact) mass is 213 g/mol. The number of hydrogen-bond acceptors (Lipinski definition) is 3. The number of nitrogens with zero attached hydrogens (tertiary/aromatic N) is 1. The first kappa shape index (κ1) is 11.7. The average molecular weight is 213 g/mol. The lowest BCUT2D eigenvalue weighted by atomic mass is 10.3. The topological polar surface area (TPSA) is 32.7 Å². The van der Waals surface area contributed by atoms with Crippen LogP contribution in [0, 0.1) is 0 Å². The Kier molecular flexibility index (Phi) is 4.15. The third-order valence-corrected chi connectivity index (χ3v) is 2.07. The molecule has 0 aliphatic carbocycles. The van der Waals surface area contributed by atoms with E-state index in [9.17, 15) is 13.2 Å². The zero-order valence-electron chi connectivity index (χ0n) is 7.76. The van der Waals surface area contributed by atoms with Crippen LogP contribution in [0.1, 0.15) is 6.42 Å². The smallest absolute Gasteiger partial charge is 0.392 e. The molecule has 0 radical (unpaired) electrons. The lowest BCUT2D eigenvalue weighted by molar-refractivity contribution is -0.174. The van der Waals surface area contributed by atoms with E-state index in [1.54, 1.807) is 0 Å². The number of ether oxygens (including phenoxy) is 1. The highest BCUT2D eigenvalue weighted by Crippen LogP contribution is 2.14. The van der Waals surface area contributed by atoms with E-state index < -0.39 is 12.8 Å². The van der Waals surface area contributed by atoms with Gasteiger partial charge in [-0.15, -0.1) is 0 Å². The molecule has 3 nitrogen and oxygen atoms in total. The van der Waals surface area contributed by atoms with E-state index in [4.69, 9.17) is 5.11 Å². The number of aliphatic hydroxyl groups is 1. The van der Waals surface area contributed by atoms with Crippen LogP contribution in [0.3, 0.4) is 0 Å². The first-order chi connectivity index (χ1) is 6.47. The third-order valence-electron chi connectivity index (χ3n) is 2.07. The van der Waals surface area contributed by atoms with E-state index in [1.165, 1.54) is 0 Å². The minimum absolute atomic E-state index is 0.0617. The standard InChI is InChI=1S/C8H14F3NO2/c9-8(10,11)6-14-4-3-12-2-1-7(13)5-12/h7,13H,1-6H2/t7-/m0/s1. The van der Waals surface area contributed by atoms with Crippen molar-refractivity contribution in [3.63, 3.8) is 0 Å². The summed E-state index contributed by atoms with van der Waals surface area (Å²) in [6.07, 6.45) is -3.89. The van der Waals surface area contributed by atoms with E-state index >= 15 is 0 Å². The summed E-state index contributed by atoms with van der Waals surface area (Å²) in [7, 11) is 0. The van der Waals surface area contributed by atoms with Crippen LogP contribution in [-0.4, -0.2) is 55.1 Å². The predicted molar refractivity (Wildman–Crippen MR) is 43.9 cm³/mol. The summed E-state index contributed by atoms with van der Waals surface area (Å²) in [5, 5.41) is 9.12. The van der Waals surface area contributed by atoms with E-state index in [1.807, 2.05) is 4.90 Å². The van der Waals surface area contributed by atoms with Crippen molar-refractivity contribution in [2.45, 2.75) is 18.7 Å². The Hall–Kier alpha value is -0.330. The van der Waals surface area contributed by atoms with Gasteiger partial charge in [-0.05, 0) is 6.42 Å². The minimum atomic E-state index is -4.25. The van der Waals surface area contributed by atoms with Crippen molar-refractivity contribution in [1.82, 2.24) is 4.90 Å². The van der Waals surface area contributed by atoms with E-state index in [0.29, 0.717) is 19.5 Å². The van der Waals surface area contributed by atoms with Gasteiger partial charge in [-0.25, -0.2) is 0 Å². The first-order valence-corrected chi connectivity index (χ1v) is 4.52. The fourth-order valence-corrected chi connectivity index (χ4v) is 1.40. The van der Waals surface area contributed by atoms with Crippen molar-refractivity contribution in [1.29, 1.82) is 0 Å². The molecule has 84 valence electrons. The third kappa shape index (κ3) is 4.78. The fourth-order valence-electron chi connectivity index (χ4n) is 1.40. The summed E-state index contributed by atoms with van der Waals surface area (Å²) < 4.78 is 39.4. The van der Waals surface area contributed by atoms with Gasteiger partial charge in [-0.3, -0.25) is 4.90 Å². The number of aliphatic hydroxyl groups excluding tert-OH is 1. The quantitative estimate of drug-likeness (QED) is 0.695. The molecular formula is C8H14F3NO2. The van der Waals surface area contributed by atoms with Crippen LogP contribution in [0.25, 0.3) is 0 Å². The highest BCUT2D eigenvalue weighted by atomic mass is 19.4. The summed E-state index contributed by atoms with van der Waals surface area (Å²) in [5.41, 5.74) is 0. The molecule has 0 bridgehead atoms. The zero-order chi connectivity index (χ0) is 10.6. The molecule has 0 aromatic carbocycles. The van der Waals surface area contributed by atoms with Crippen LogP contribution < -0.4 is 0 Å². The number of rotatable bonds is 4. The molecule has 1 atom stereocenters. The van der Waals surface area contributed by atoms with Crippen LogP contribution in [0.5, 0.6) is 0 Å². The predicted octanol–water partition coefficient (Wildman–Crippen LogP) is 0.632. The summed E-state index contributed by atoms with van der Waals surface area (Å²) in [6, 6.07) is 0. The second kappa shape index (κ2) is 4.95. The van der Waals surface area contributed by atoms with Crippen molar-refractivity contribution < 1.29 is 23.0 Å². The normalized spacial score (nSPS) is 24.4. The fraction of sp³-hybridized carbons (Fsp3) is 1.00. The molecule has 0 aromatic heterocycles. The Morgan fingerprint density at radius 1 is 1.43 bits per heavy atom. The lowest BCUT2D eigenvalue weighted by Crippen LogP contribution is -2.28. The van der Waals surface area contributed by atoms with Gasteiger partial charge in [0.15, 0.2) is 0 Å². The van der Waals surface area contributed by atoms with Gasteiger partial charge in [0.1, 0.15) is 6.61 Å². The molecule has 1 fully saturated rings. The van der Waals surface area contributed by atoms with Crippen LogP contribution in [0.15, 0.2) is 0 Å². The Bertz CT molecular complexity index is 174. The Balaban J connectivity index is 1.99. The van der Waals surface area contributed by atoms with Gasteiger partial charge in [0.05, 0.1) is 12.7 Å². The molecule has 14 heavy (non-hydrogen) atoms. The van der Waals surface area contributed by atoms with Gasteiger partial charge >= 0.3 is 6.18 Å². The van der Waals surface area contributed by atoms with E-state index in [0.717, 1.165) is 6.54 Å². The molecule has 1 aliphatic heterocycles. The molecule has 0 spiro atoms.